The van der Waals surface area contributed by atoms with E-state index in [0.29, 0.717) is 27.7 Å². The van der Waals surface area contributed by atoms with Gasteiger partial charge in [0.05, 0.1) is 21.3 Å². The fraction of sp³-hybridized carbons (Fsp3) is 0.300. The van der Waals surface area contributed by atoms with Crippen molar-refractivity contribution >= 4 is 40.7 Å². The van der Waals surface area contributed by atoms with Crippen molar-refractivity contribution in [3.05, 3.63) is 63.6 Å². The molecule has 138 valence electrons. The van der Waals surface area contributed by atoms with E-state index in [9.17, 15) is 9.59 Å². The molecule has 0 aliphatic carbocycles. The number of carbonyl (C=O) groups excluding carboxylic acids is 2. The second kappa shape index (κ2) is 9.60. The Bertz CT molecular complexity index is 793. The molecule has 2 aromatic carbocycles. The van der Waals surface area contributed by atoms with E-state index in [4.69, 9.17) is 23.2 Å². The Balaban J connectivity index is 2.00. The van der Waals surface area contributed by atoms with Gasteiger partial charge in [-0.3, -0.25) is 9.59 Å². The van der Waals surface area contributed by atoms with Gasteiger partial charge >= 0.3 is 0 Å². The van der Waals surface area contributed by atoms with Gasteiger partial charge < -0.3 is 10.6 Å². The lowest BCUT2D eigenvalue weighted by Gasteiger charge is -2.14. The average molecular weight is 393 g/mol. The smallest absolute Gasteiger partial charge is 0.253 e. The third-order valence-corrected chi connectivity index (χ3v) is 4.80. The molecule has 2 rings (SSSR count). The van der Waals surface area contributed by atoms with Gasteiger partial charge in [-0.25, -0.2) is 0 Å². The molecule has 0 aromatic heterocycles. The van der Waals surface area contributed by atoms with Gasteiger partial charge in [-0.1, -0.05) is 48.3 Å². The maximum absolute atomic E-state index is 12.4. The topological polar surface area (TPSA) is 58.2 Å². The van der Waals surface area contributed by atoms with Gasteiger partial charge in [-0.05, 0) is 49.6 Å². The molecular weight excluding hydrogens is 371 g/mol. The van der Waals surface area contributed by atoms with E-state index in [1.807, 2.05) is 19.9 Å². The van der Waals surface area contributed by atoms with Crippen molar-refractivity contribution < 1.29 is 9.59 Å². The Morgan fingerprint density at radius 2 is 1.81 bits per heavy atom. The Labute approximate surface area is 163 Å². The van der Waals surface area contributed by atoms with E-state index in [1.54, 1.807) is 36.4 Å². The van der Waals surface area contributed by atoms with Crippen molar-refractivity contribution in [2.75, 3.05) is 5.32 Å². The van der Waals surface area contributed by atoms with Gasteiger partial charge in [0.2, 0.25) is 5.91 Å². The van der Waals surface area contributed by atoms with Crippen molar-refractivity contribution in [3.63, 3.8) is 0 Å². The zero-order chi connectivity index (χ0) is 19.1. The largest absolute Gasteiger partial charge is 0.350 e. The van der Waals surface area contributed by atoms with Crippen LogP contribution in [-0.4, -0.2) is 17.9 Å². The van der Waals surface area contributed by atoms with E-state index in [2.05, 4.69) is 10.6 Å². The van der Waals surface area contributed by atoms with Crippen LogP contribution in [0.25, 0.3) is 0 Å². The molecule has 4 nitrogen and oxygen atoms in total. The first-order valence-electron chi connectivity index (χ1n) is 8.54. The zero-order valence-corrected chi connectivity index (χ0v) is 16.3. The minimum atomic E-state index is -0.195. The van der Waals surface area contributed by atoms with Crippen LogP contribution < -0.4 is 10.6 Å². The summed E-state index contributed by atoms with van der Waals surface area (Å²) in [5.41, 5.74) is 1.89. The van der Waals surface area contributed by atoms with Crippen LogP contribution in [0.3, 0.4) is 0 Å². The van der Waals surface area contributed by atoms with Crippen LogP contribution in [0.4, 0.5) is 5.69 Å². The molecular formula is C20H22Cl2N2O2. The minimum Gasteiger partial charge on any atom is -0.350 e. The number of hydrogen-bond donors (Lipinski definition) is 2. The Morgan fingerprint density at radius 1 is 1.08 bits per heavy atom. The molecule has 2 amide bonds. The van der Waals surface area contributed by atoms with Crippen molar-refractivity contribution in [3.8, 4) is 0 Å². The van der Waals surface area contributed by atoms with Crippen LogP contribution in [0.2, 0.25) is 10.0 Å². The summed E-state index contributed by atoms with van der Waals surface area (Å²) >= 11 is 11.9. The standard InChI is InChI=1S/C20H22Cl2N2O2/c1-3-13(2)23-20(26)15-6-4-5-7-18(15)24-19(25)11-9-14-8-10-16(21)17(22)12-14/h4-8,10,12-13H,3,9,11H2,1-2H3,(H,23,26)(H,24,25)/t13-/m0/s1. The Morgan fingerprint density at radius 3 is 2.50 bits per heavy atom. The summed E-state index contributed by atoms with van der Waals surface area (Å²) in [5.74, 6) is -0.361. The van der Waals surface area contributed by atoms with Crippen LogP contribution in [0.15, 0.2) is 42.5 Å². The first-order valence-corrected chi connectivity index (χ1v) is 9.30. The lowest BCUT2D eigenvalue weighted by Crippen LogP contribution is -2.32. The monoisotopic (exact) mass is 392 g/mol. The minimum absolute atomic E-state index is 0.0703. The molecule has 0 aliphatic heterocycles. The van der Waals surface area contributed by atoms with E-state index in [-0.39, 0.29) is 24.3 Å². The van der Waals surface area contributed by atoms with Gasteiger partial charge in [0.15, 0.2) is 0 Å². The summed E-state index contributed by atoms with van der Waals surface area (Å²) in [6, 6.07) is 12.4. The van der Waals surface area contributed by atoms with E-state index >= 15 is 0 Å². The zero-order valence-electron chi connectivity index (χ0n) is 14.8. The lowest BCUT2D eigenvalue weighted by atomic mass is 10.1. The molecule has 26 heavy (non-hydrogen) atoms. The molecule has 2 N–H and O–H groups in total. The first-order chi connectivity index (χ1) is 12.4. The van der Waals surface area contributed by atoms with Gasteiger partial charge in [0.25, 0.3) is 5.91 Å². The SMILES string of the molecule is CC[C@H](C)NC(=O)c1ccccc1NC(=O)CCc1ccc(Cl)c(Cl)c1. The molecule has 0 bridgehead atoms. The van der Waals surface area contributed by atoms with Crippen LogP contribution in [0.5, 0.6) is 0 Å². The lowest BCUT2D eigenvalue weighted by molar-refractivity contribution is -0.116. The second-order valence-corrected chi connectivity index (χ2v) is 6.94. The van der Waals surface area contributed by atoms with Gasteiger partial charge in [0.1, 0.15) is 0 Å². The maximum atomic E-state index is 12.4. The number of benzene rings is 2. The predicted molar refractivity (Wildman–Crippen MR) is 107 cm³/mol. The summed E-state index contributed by atoms with van der Waals surface area (Å²) in [6.07, 6.45) is 1.65. The highest BCUT2D eigenvalue weighted by Crippen LogP contribution is 2.23. The van der Waals surface area contributed by atoms with Crippen molar-refractivity contribution in [1.29, 1.82) is 0 Å². The normalized spacial score (nSPS) is 11.7. The molecule has 0 spiro atoms. The second-order valence-electron chi connectivity index (χ2n) is 6.12. The molecule has 0 radical (unpaired) electrons. The Kier molecular flexibility index (Phi) is 7.49. The summed E-state index contributed by atoms with van der Waals surface area (Å²) in [6.45, 7) is 3.94. The number of aryl methyl sites for hydroxylation is 1. The van der Waals surface area contributed by atoms with Crippen LogP contribution in [0.1, 0.15) is 42.6 Å². The molecule has 0 aliphatic rings. The predicted octanol–water partition coefficient (Wildman–Crippen LogP) is 5.09. The number of anilines is 1. The van der Waals surface area contributed by atoms with Gasteiger partial charge in [-0.15, -0.1) is 0 Å². The van der Waals surface area contributed by atoms with Crippen molar-refractivity contribution in [2.45, 2.75) is 39.2 Å². The van der Waals surface area contributed by atoms with E-state index in [0.717, 1.165) is 12.0 Å². The number of nitrogens with one attached hydrogen (secondary N) is 2. The summed E-state index contributed by atoms with van der Waals surface area (Å²) in [5, 5.41) is 6.69. The van der Waals surface area contributed by atoms with E-state index < -0.39 is 0 Å². The molecule has 0 fully saturated rings. The van der Waals surface area contributed by atoms with E-state index in [1.165, 1.54) is 0 Å². The fourth-order valence-electron chi connectivity index (χ4n) is 2.36. The maximum Gasteiger partial charge on any atom is 0.253 e. The summed E-state index contributed by atoms with van der Waals surface area (Å²) in [7, 11) is 0. The molecule has 1 atom stereocenters. The summed E-state index contributed by atoms with van der Waals surface area (Å²) in [4.78, 5) is 24.7. The molecule has 0 unspecified atom stereocenters. The molecule has 2 aromatic rings. The average Bonchev–Trinajstić information content (AvgIpc) is 2.63. The van der Waals surface area contributed by atoms with Crippen LogP contribution >= 0.6 is 23.2 Å². The highest BCUT2D eigenvalue weighted by molar-refractivity contribution is 6.42. The highest BCUT2D eigenvalue weighted by atomic mass is 35.5. The quantitative estimate of drug-likeness (QED) is 0.688. The van der Waals surface area contributed by atoms with Crippen molar-refractivity contribution in [2.24, 2.45) is 0 Å². The summed E-state index contributed by atoms with van der Waals surface area (Å²) < 4.78 is 0. The van der Waals surface area contributed by atoms with Crippen LogP contribution in [0, 0.1) is 0 Å². The molecule has 0 saturated heterocycles. The van der Waals surface area contributed by atoms with Gasteiger partial charge in [0, 0.05) is 12.5 Å². The number of hydrogen-bond acceptors (Lipinski definition) is 2. The molecule has 0 saturated carbocycles. The molecule has 0 heterocycles. The Hall–Kier alpha value is -2.04. The third-order valence-electron chi connectivity index (χ3n) is 4.06. The number of rotatable bonds is 7. The van der Waals surface area contributed by atoms with Crippen LogP contribution in [-0.2, 0) is 11.2 Å². The number of halogens is 2. The molecule has 6 heteroatoms. The fourth-order valence-corrected chi connectivity index (χ4v) is 2.68. The van der Waals surface area contributed by atoms with Gasteiger partial charge in [-0.2, -0.15) is 0 Å². The highest BCUT2D eigenvalue weighted by Gasteiger charge is 2.14. The number of para-hydroxylation sites is 1. The van der Waals surface area contributed by atoms with Crippen molar-refractivity contribution in [1.82, 2.24) is 5.32 Å². The first kappa shape index (κ1) is 20.3. The third kappa shape index (κ3) is 5.75. The number of carbonyl (C=O) groups is 2. The number of amides is 2.